The topological polar surface area (TPSA) is 60.9 Å². The first-order valence-corrected chi connectivity index (χ1v) is 10.5. The maximum Gasteiger partial charge on any atom is 0.435 e. The van der Waals surface area contributed by atoms with Crippen LogP contribution in [0, 0.1) is 5.82 Å². The van der Waals surface area contributed by atoms with Crippen molar-refractivity contribution in [1.82, 2.24) is 9.78 Å². The number of hydrogen-bond donors (Lipinski definition) is 1. The molecule has 2 unspecified atom stereocenters. The Labute approximate surface area is 182 Å². The Morgan fingerprint density at radius 1 is 1.06 bits per heavy atom. The largest absolute Gasteiger partial charge is 0.435 e. The molecule has 1 aromatic heterocycles. The van der Waals surface area contributed by atoms with Crippen molar-refractivity contribution in [3.8, 4) is 5.69 Å². The predicted molar refractivity (Wildman–Crippen MR) is 110 cm³/mol. The second-order valence-electron chi connectivity index (χ2n) is 8.64. The number of primary amides is 1. The van der Waals surface area contributed by atoms with E-state index in [0.717, 1.165) is 35.6 Å². The third-order valence-corrected chi connectivity index (χ3v) is 6.78. The highest BCUT2D eigenvalue weighted by atomic mass is 19.4. The minimum atomic E-state index is -4.61. The molecule has 2 fully saturated rings. The Morgan fingerprint density at radius 3 is 2.31 bits per heavy atom. The van der Waals surface area contributed by atoms with Gasteiger partial charge >= 0.3 is 6.18 Å². The van der Waals surface area contributed by atoms with E-state index in [4.69, 9.17) is 5.73 Å². The lowest BCUT2D eigenvalue weighted by molar-refractivity contribution is -0.141. The van der Waals surface area contributed by atoms with E-state index in [9.17, 15) is 18.0 Å². The molecule has 0 radical (unpaired) electrons. The normalized spacial score (nSPS) is 23.1. The quantitative estimate of drug-likeness (QED) is 0.551. The van der Waals surface area contributed by atoms with Crippen LogP contribution >= 0.6 is 0 Å². The number of carbonyl (C=O) groups is 1. The summed E-state index contributed by atoms with van der Waals surface area (Å²) in [5.41, 5.74) is 5.37. The average molecular weight is 443 g/mol. The Morgan fingerprint density at radius 2 is 1.78 bits per heavy atom. The summed E-state index contributed by atoms with van der Waals surface area (Å²) >= 11 is 0. The van der Waals surface area contributed by atoms with Crippen LogP contribution in [0.25, 0.3) is 5.69 Å². The summed E-state index contributed by atoms with van der Waals surface area (Å²) in [6.45, 7) is 0. The lowest BCUT2D eigenvalue weighted by atomic mass is 9.54. The molecule has 2 aromatic carbocycles. The average Bonchev–Trinajstić information content (AvgIpc) is 3.45. The van der Waals surface area contributed by atoms with Gasteiger partial charge in [-0.25, -0.2) is 9.07 Å². The molecule has 166 valence electrons. The number of hydrogen-bond acceptors (Lipinski definition) is 2. The van der Waals surface area contributed by atoms with Gasteiger partial charge in [0.05, 0.1) is 5.41 Å². The molecule has 1 heterocycles. The fraction of sp³-hybridized carbons (Fsp3) is 0.333. The highest BCUT2D eigenvalue weighted by Gasteiger charge is 2.53. The first-order valence-electron chi connectivity index (χ1n) is 10.5. The summed E-state index contributed by atoms with van der Waals surface area (Å²) in [7, 11) is 0. The first-order chi connectivity index (χ1) is 15.2. The van der Waals surface area contributed by atoms with Crippen LogP contribution in [0.5, 0.6) is 0 Å². The molecule has 2 saturated carbocycles. The van der Waals surface area contributed by atoms with Gasteiger partial charge in [0.1, 0.15) is 11.5 Å². The minimum absolute atomic E-state index is 0.0660. The van der Waals surface area contributed by atoms with Gasteiger partial charge in [0.2, 0.25) is 5.91 Å². The molecule has 5 rings (SSSR count). The Kier molecular flexibility index (Phi) is 4.65. The van der Waals surface area contributed by atoms with Crippen LogP contribution in [-0.2, 0) is 16.4 Å². The third-order valence-electron chi connectivity index (χ3n) is 6.78. The first kappa shape index (κ1) is 20.7. The van der Waals surface area contributed by atoms with Gasteiger partial charge in [-0.15, -0.1) is 0 Å². The van der Waals surface area contributed by atoms with Gasteiger partial charge in [0.25, 0.3) is 0 Å². The van der Waals surface area contributed by atoms with E-state index in [0.29, 0.717) is 17.7 Å². The Balaban J connectivity index is 1.57. The molecule has 2 aliphatic rings. The highest BCUT2D eigenvalue weighted by Crippen LogP contribution is 2.54. The molecule has 0 aliphatic heterocycles. The lowest BCUT2D eigenvalue weighted by Crippen LogP contribution is -2.52. The van der Waals surface area contributed by atoms with Crippen LogP contribution in [0.1, 0.15) is 60.0 Å². The van der Waals surface area contributed by atoms with Gasteiger partial charge in [-0.2, -0.15) is 18.3 Å². The number of carbonyl (C=O) groups excluding carboxylic acids is 1. The maximum atomic E-state index is 15.3. The maximum absolute atomic E-state index is 15.3. The van der Waals surface area contributed by atoms with Crippen LogP contribution in [0.4, 0.5) is 17.6 Å². The van der Waals surface area contributed by atoms with E-state index in [-0.39, 0.29) is 17.5 Å². The van der Waals surface area contributed by atoms with Gasteiger partial charge in [-0.3, -0.25) is 4.79 Å². The van der Waals surface area contributed by atoms with Crippen molar-refractivity contribution in [2.24, 2.45) is 5.73 Å². The molecule has 4 nitrogen and oxygen atoms in total. The van der Waals surface area contributed by atoms with Crippen LogP contribution in [0.3, 0.4) is 0 Å². The second kappa shape index (κ2) is 7.18. The number of halogens is 4. The van der Waals surface area contributed by atoms with Crippen molar-refractivity contribution in [3.63, 3.8) is 0 Å². The van der Waals surface area contributed by atoms with E-state index >= 15 is 4.39 Å². The molecule has 2 atom stereocenters. The van der Waals surface area contributed by atoms with Crippen molar-refractivity contribution in [1.29, 1.82) is 0 Å². The molecule has 8 heteroatoms. The minimum Gasteiger partial charge on any atom is -0.369 e. The van der Waals surface area contributed by atoms with Gasteiger partial charge < -0.3 is 5.73 Å². The number of benzene rings is 2. The van der Waals surface area contributed by atoms with E-state index in [1.54, 1.807) is 6.07 Å². The highest BCUT2D eigenvalue weighted by molar-refractivity contribution is 5.89. The fourth-order valence-electron chi connectivity index (χ4n) is 4.85. The number of rotatable bonds is 5. The van der Waals surface area contributed by atoms with Gasteiger partial charge in [-0.05, 0) is 55.0 Å². The van der Waals surface area contributed by atoms with Gasteiger partial charge in [0, 0.05) is 17.5 Å². The van der Waals surface area contributed by atoms with E-state index in [1.807, 2.05) is 30.3 Å². The third kappa shape index (κ3) is 3.20. The number of alkyl halides is 3. The molecular formula is C24H21F4N3O. The monoisotopic (exact) mass is 443 g/mol. The number of nitrogens with zero attached hydrogens (tertiary/aromatic N) is 2. The molecule has 32 heavy (non-hydrogen) atoms. The number of amides is 1. The van der Waals surface area contributed by atoms with E-state index in [2.05, 4.69) is 5.10 Å². The van der Waals surface area contributed by atoms with E-state index in [1.165, 1.54) is 12.1 Å². The zero-order chi connectivity index (χ0) is 22.7. The standard InChI is InChI=1S/C24H21F4N3O/c25-18-12-16(23(22(29)32)11-10-17(23)14-4-2-1-3-5-14)8-9-19(18)31-20(15-6-7-15)13-21(30-31)24(26,27)28/h1-5,8-9,12-13,15,17H,6-7,10-11H2,(H2,29,32). The molecule has 0 spiro atoms. The summed E-state index contributed by atoms with van der Waals surface area (Å²) in [5.74, 6) is -1.53. The summed E-state index contributed by atoms with van der Waals surface area (Å²) in [6.07, 6.45) is -1.92. The number of aromatic nitrogens is 2. The molecule has 0 bridgehead atoms. The fourth-order valence-corrected chi connectivity index (χ4v) is 4.85. The molecular weight excluding hydrogens is 422 g/mol. The zero-order valence-electron chi connectivity index (χ0n) is 17.1. The Bertz CT molecular complexity index is 1180. The molecule has 2 N–H and O–H groups in total. The zero-order valence-corrected chi connectivity index (χ0v) is 17.1. The summed E-state index contributed by atoms with van der Waals surface area (Å²) in [6, 6.07) is 14.6. The summed E-state index contributed by atoms with van der Waals surface area (Å²) in [4.78, 5) is 12.6. The van der Waals surface area contributed by atoms with Crippen molar-refractivity contribution in [2.75, 3.05) is 0 Å². The summed E-state index contributed by atoms with van der Waals surface area (Å²) in [5, 5.41) is 3.66. The van der Waals surface area contributed by atoms with Crippen molar-refractivity contribution >= 4 is 5.91 Å². The number of nitrogens with two attached hydrogens (primary N) is 1. The smallest absolute Gasteiger partial charge is 0.369 e. The lowest BCUT2D eigenvalue weighted by Gasteiger charge is -2.48. The van der Waals surface area contributed by atoms with E-state index < -0.39 is 29.0 Å². The van der Waals surface area contributed by atoms with Gasteiger partial charge in [0.15, 0.2) is 5.69 Å². The van der Waals surface area contributed by atoms with Crippen LogP contribution < -0.4 is 5.73 Å². The Hall–Kier alpha value is -3.16. The molecule has 1 amide bonds. The second-order valence-corrected chi connectivity index (χ2v) is 8.64. The van der Waals surface area contributed by atoms with Crippen LogP contribution in [-0.4, -0.2) is 15.7 Å². The van der Waals surface area contributed by atoms with Crippen molar-refractivity contribution < 1.29 is 22.4 Å². The van der Waals surface area contributed by atoms with Crippen molar-refractivity contribution in [2.45, 2.75) is 49.1 Å². The van der Waals surface area contributed by atoms with Crippen LogP contribution in [0.15, 0.2) is 54.6 Å². The molecule has 3 aromatic rings. The van der Waals surface area contributed by atoms with Crippen molar-refractivity contribution in [3.05, 3.63) is 82.9 Å². The molecule has 0 saturated heterocycles. The predicted octanol–water partition coefficient (Wildman–Crippen LogP) is 5.21. The van der Waals surface area contributed by atoms with Gasteiger partial charge in [-0.1, -0.05) is 36.4 Å². The SMILES string of the molecule is NC(=O)C1(c2ccc(-n3nc(C(F)(F)F)cc3C3CC3)c(F)c2)CCC1c1ccccc1. The summed E-state index contributed by atoms with van der Waals surface area (Å²) < 4.78 is 56.0. The van der Waals surface area contributed by atoms with Crippen LogP contribution in [0.2, 0.25) is 0 Å². The molecule has 2 aliphatic carbocycles.